The quantitative estimate of drug-likeness (QED) is 0.769. The maximum atomic E-state index is 12.2. The van der Waals surface area contributed by atoms with Crippen molar-refractivity contribution in [3.63, 3.8) is 0 Å². The fourth-order valence-corrected chi connectivity index (χ4v) is 2.18. The van der Waals surface area contributed by atoms with Gasteiger partial charge in [0.1, 0.15) is 0 Å². The molecule has 0 aliphatic heterocycles. The Labute approximate surface area is 116 Å². The zero-order chi connectivity index (χ0) is 14.5. The molecule has 1 aromatic rings. The van der Waals surface area contributed by atoms with Gasteiger partial charge in [0.15, 0.2) is 5.78 Å². The lowest BCUT2D eigenvalue weighted by molar-refractivity contribution is 0.0371. The molecule has 0 amide bonds. The van der Waals surface area contributed by atoms with E-state index < -0.39 is 5.60 Å². The molecule has 106 valence electrons. The third kappa shape index (κ3) is 5.53. The molecule has 1 rings (SSSR count). The van der Waals surface area contributed by atoms with Crippen molar-refractivity contribution in [3.8, 4) is 0 Å². The molecule has 0 bridgehead atoms. The van der Waals surface area contributed by atoms with Crippen LogP contribution in [0.3, 0.4) is 0 Å². The summed E-state index contributed by atoms with van der Waals surface area (Å²) in [7, 11) is 0. The first kappa shape index (κ1) is 15.9. The fourth-order valence-electron chi connectivity index (χ4n) is 2.18. The van der Waals surface area contributed by atoms with E-state index in [-0.39, 0.29) is 5.78 Å². The minimum Gasteiger partial charge on any atom is -0.389 e. The van der Waals surface area contributed by atoms with Crippen molar-refractivity contribution in [2.45, 2.75) is 39.7 Å². The van der Waals surface area contributed by atoms with Gasteiger partial charge in [0, 0.05) is 25.1 Å². The topological polar surface area (TPSA) is 40.5 Å². The number of aliphatic hydroxyl groups is 1. The molecule has 19 heavy (non-hydrogen) atoms. The lowest BCUT2D eigenvalue weighted by Gasteiger charge is -2.27. The standard InChI is InChI=1S/C16H25NO2/c1-5-17(12-16(3,4)19)11-10-15(18)14-9-7-6-8-13(14)2/h6-9,19H,5,10-12H2,1-4H3. The highest BCUT2D eigenvalue weighted by Gasteiger charge is 2.18. The lowest BCUT2D eigenvalue weighted by Crippen LogP contribution is -2.39. The van der Waals surface area contributed by atoms with Crippen molar-refractivity contribution in [2.75, 3.05) is 19.6 Å². The Morgan fingerprint density at radius 3 is 2.47 bits per heavy atom. The highest BCUT2D eigenvalue weighted by molar-refractivity contribution is 5.97. The Morgan fingerprint density at radius 1 is 1.32 bits per heavy atom. The van der Waals surface area contributed by atoms with Gasteiger partial charge in [0.2, 0.25) is 0 Å². The van der Waals surface area contributed by atoms with Crippen molar-refractivity contribution >= 4 is 5.78 Å². The number of carbonyl (C=O) groups is 1. The van der Waals surface area contributed by atoms with Gasteiger partial charge in [0.25, 0.3) is 0 Å². The van der Waals surface area contributed by atoms with E-state index in [1.54, 1.807) is 13.8 Å². The largest absolute Gasteiger partial charge is 0.389 e. The minimum atomic E-state index is -0.721. The molecule has 0 fully saturated rings. The molecule has 0 saturated heterocycles. The lowest BCUT2D eigenvalue weighted by atomic mass is 10.0. The summed E-state index contributed by atoms with van der Waals surface area (Å²) in [5, 5.41) is 9.82. The highest BCUT2D eigenvalue weighted by atomic mass is 16.3. The number of carbonyl (C=O) groups excluding carboxylic acids is 1. The van der Waals surface area contributed by atoms with E-state index in [0.717, 1.165) is 17.7 Å². The number of nitrogens with zero attached hydrogens (tertiary/aromatic N) is 1. The van der Waals surface area contributed by atoms with Crippen LogP contribution in [0.4, 0.5) is 0 Å². The minimum absolute atomic E-state index is 0.173. The van der Waals surface area contributed by atoms with Gasteiger partial charge in [0.05, 0.1) is 5.60 Å². The molecule has 0 aliphatic carbocycles. The zero-order valence-electron chi connectivity index (χ0n) is 12.4. The van der Waals surface area contributed by atoms with Crippen molar-refractivity contribution < 1.29 is 9.90 Å². The van der Waals surface area contributed by atoms with Crippen molar-refractivity contribution in [1.29, 1.82) is 0 Å². The van der Waals surface area contributed by atoms with Gasteiger partial charge >= 0.3 is 0 Å². The molecule has 0 radical (unpaired) electrons. The highest BCUT2D eigenvalue weighted by Crippen LogP contribution is 2.11. The summed E-state index contributed by atoms with van der Waals surface area (Å²) in [6.07, 6.45) is 0.495. The van der Waals surface area contributed by atoms with Gasteiger partial charge in [-0.15, -0.1) is 0 Å². The van der Waals surface area contributed by atoms with E-state index in [0.29, 0.717) is 19.5 Å². The number of rotatable bonds is 7. The monoisotopic (exact) mass is 263 g/mol. The molecule has 0 heterocycles. The number of hydrogen-bond acceptors (Lipinski definition) is 3. The second-order valence-corrected chi connectivity index (χ2v) is 5.67. The van der Waals surface area contributed by atoms with Gasteiger partial charge < -0.3 is 10.0 Å². The molecular weight excluding hydrogens is 238 g/mol. The number of aryl methyl sites for hydroxylation is 1. The fraction of sp³-hybridized carbons (Fsp3) is 0.562. The molecule has 0 spiro atoms. The normalized spacial score (nSPS) is 11.9. The second-order valence-electron chi connectivity index (χ2n) is 5.67. The van der Waals surface area contributed by atoms with E-state index >= 15 is 0 Å². The van der Waals surface area contributed by atoms with Crippen LogP contribution in [-0.2, 0) is 0 Å². The van der Waals surface area contributed by atoms with E-state index in [1.807, 2.05) is 38.1 Å². The van der Waals surface area contributed by atoms with Gasteiger partial charge in [-0.25, -0.2) is 0 Å². The molecule has 0 saturated carbocycles. The maximum Gasteiger partial charge on any atom is 0.164 e. The van der Waals surface area contributed by atoms with Crippen LogP contribution in [-0.4, -0.2) is 41.0 Å². The summed E-state index contributed by atoms with van der Waals surface area (Å²) in [5.74, 6) is 0.173. The first-order valence-corrected chi connectivity index (χ1v) is 6.87. The van der Waals surface area contributed by atoms with Gasteiger partial charge in [-0.2, -0.15) is 0 Å². The van der Waals surface area contributed by atoms with Gasteiger partial charge in [-0.1, -0.05) is 31.2 Å². The summed E-state index contributed by atoms with van der Waals surface area (Å²) in [4.78, 5) is 14.3. The van der Waals surface area contributed by atoms with E-state index in [2.05, 4.69) is 4.90 Å². The number of benzene rings is 1. The number of ketones is 1. The molecule has 1 N–H and O–H groups in total. The number of hydrogen-bond donors (Lipinski definition) is 1. The first-order valence-electron chi connectivity index (χ1n) is 6.87. The molecule has 0 unspecified atom stereocenters. The van der Waals surface area contributed by atoms with Crippen molar-refractivity contribution in [3.05, 3.63) is 35.4 Å². The summed E-state index contributed by atoms with van der Waals surface area (Å²) in [5.41, 5.74) is 1.11. The van der Waals surface area contributed by atoms with E-state index in [4.69, 9.17) is 0 Å². The second kappa shape index (κ2) is 6.83. The zero-order valence-corrected chi connectivity index (χ0v) is 12.4. The van der Waals surface area contributed by atoms with Gasteiger partial charge in [-0.05, 0) is 32.9 Å². The summed E-state index contributed by atoms with van der Waals surface area (Å²) < 4.78 is 0. The van der Waals surface area contributed by atoms with Crippen molar-refractivity contribution in [1.82, 2.24) is 4.90 Å². The Morgan fingerprint density at radius 2 is 1.95 bits per heavy atom. The van der Waals surface area contributed by atoms with Crippen LogP contribution >= 0.6 is 0 Å². The van der Waals surface area contributed by atoms with Crippen LogP contribution in [0.1, 0.15) is 43.1 Å². The Bertz CT molecular complexity index is 421. The number of likely N-dealkylation sites (N-methyl/N-ethyl adjacent to an activating group) is 1. The third-order valence-corrected chi connectivity index (χ3v) is 3.16. The average Bonchev–Trinajstić information content (AvgIpc) is 2.33. The number of Topliss-reactive ketones (excluding diaryl/α,β-unsaturated/α-hetero) is 1. The SMILES string of the molecule is CCN(CCC(=O)c1ccccc1C)CC(C)(C)O. The Balaban J connectivity index is 2.56. The van der Waals surface area contributed by atoms with E-state index in [9.17, 15) is 9.90 Å². The Hall–Kier alpha value is -1.19. The van der Waals surface area contributed by atoms with Gasteiger partial charge in [-0.3, -0.25) is 4.79 Å². The maximum absolute atomic E-state index is 12.2. The molecule has 0 aromatic heterocycles. The summed E-state index contributed by atoms with van der Waals surface area (Å²) >= 11 is 0. The van der Waals surface area contributed by atoms with Crippen LogP contribution in [0.5, 0.6) is 0 Å². The molecule has 3 heteroatoms. The molecular formula is C16H25NO2. The average molecular weight is 263 g/mol. The van der Waals surface area contributed by atoms with Crippen LogP contribution in [0.15, 0.2) is 24.3 Å². The third-order valence-electron chi connectivity index (χ3n) is 3.16. The van der Waals surface area contributed by atoms with Crippen LogP contribution in [0.25, 0.3) is 0 Å². The van der Waals surface area contributed by atoms with Crippen LogP contribution < -0.4 is 0 Å². The predicted molar refractivity (Wildman–Crippen MR) is 78.5 cm³/mol. The molecule has 0 aliphatic rings. The molecule has 1 aromatic carbocycles. The van der Waals surface area contributed by atoms with Crippen molar-refractivity contribution in [2.24, 2.45) is 0 Å². The summed E-state index contributed by atoms with van der Waals surface area (Å²) in [6.45, 7) is 9.70. The van der Waals surface area contributed by atoms with Crippen LogP contribution in [0.2, 0.25) is 0 Å². The molecule has 3 nitrogen and oxygen atoms in total. The molecule has 0 atom stereocenters. The summed E-state index contributed by atoms with van der Waals surface area (Å²) in [6, 6.07) is 7.68. The first-order chi connectivity index (χ1) is 8.83. The predicted octanol–water partition coefficient (Wildman–Crippen LogP) is 2.66. The van der Waals surface area contributed by atoms with E-state index in [1.165, 1.54) is 0 Å². The van der Waals surface area contributed by atoms with Crippen LogP contribution in [0, 0.1) is 6.92 Å². The Kier molecular flexibility index (Phi) is 5.70. The smallest absolute Gasteiger partial charge is 0.164 e.